The van der Waals surface area contributed by atoms with E-state index < -0.39 is 0 Å². The molecule has 0 amide bonds. The largest absolute Gasteiger partial charge is 0.324 e. The highest BCUT2D eigenvalue weighted by Gasteiger charge is 2.11. The summed E-state index contributed by atoms with van der Waals surface area (Å²) in [6, 6.07) is 10.4. The van der Waals surface area contributed by atoms with Crippen LogP contribution in [0.3, 0.4) is 0 Å². The van der Waals surface area contributed by atoms with Crippen molar-refractivity contribution in [2.24, 2.45) is 5.73 Å². The van der Waals surface area contributed by atoms with Crippen LogP contribution < -0.4 is 5.73 Å². The minimum Gasteiger partial charge on any atom is -0.324 e. The van der Waals surface area contributed by atoms with Crippen LogP contribution in [0.5, 0.6) is 0 Å². The third kappa shape index (κ3) is 3.56. The lowest BCUT2D eigenvalue weighted by atomic mass is 9.98. The lowest BCUT2D eigenvalue weighted by Crippen LogP contribution is -2.14. The van der Waals surface area contributed by atoms with Crippen molar-refractivity contribution >= 4 is 27.5 Å². The maximum Gasteiger partial charge on any atom is 0.127 e. The van der Waals surface area contributed by atoms with Crippen molar-refractivity contribution in [1.82, 2.24) is 0 Å². The van der Waals surface area contributed by atoms with Gasteiger partial charge in [-0.25, -0.2) is 4.39 Å². The van der Waals surface area contributed by atoms with Gasteiger partial charge in [0.1, 0.15) is 5.82 Å². The standard InChI is InChI=1S/C15H14BrClFN/c1-9-2-3-11(6-13(9)16)15(19)7-10-4-5-12(17)8-14(10)18/h2-6,8,15H,7,19H2,1H3. The van der Waals surface area contributed by atoms with E-state index in [1.807, 2.05) is 25.1 Å². The molecule has 100 valence electrons. The molecule has 2 aromatic carbocycles. The predicted molar refractivity (Wildman–Crippen MR) is 80.9 cm³/mol. The molecule has 1 unspecified atom stereocenters. The van der Waals surface area contributed by atoms with Crippen LogP contribution in [-0.2, 0) is 6.42 Å². The Morgan fingerprint density at radius 2 is 2.00 bits per heavy atom. The van der Waals surface area contributed by atoms with Crippen molar-refractivity contribution in [2.45, 2.75) is 19.4 Å². The Balaban J connectivity index is 2.20. The quantitative estimate of drug-likeness (QED) is 0.852. The minimum absolute atomic E-state index is 0.243. The normalized spacial score (nSPS) is 12.5. The van der Waals surface area contributed by atoms with Gasteiger partial charge in [-0.1, -0.05) is 45.7 Å². The molecule has 2 rings (SSSR count). The number of aryl methyl sites for hydroxylation is 1. The van der Waals surface area contributed by atoms with E-state index in [0.29, 0.717) is 17.0 Å². The van der Waals surface area contributed by atoms with Gasteiger partial charge in [0.05, 0.1) is 0 Å². The lowest BCUT2D eigenvalue weighted by Gasteiger charge is -2.14. The molecule has 0 saturated carbocycles. The van der Waals surface area contributed by atoms with Crippen LogP contribution in [0.1, 0.15) is 22.7 Å². The SMILES string of the molecule is Cc1ccc(C(N)Cc2ccc(Cl)cc2F)cc1Br. The second-order valence-electron chi connectivity index (χ2n) is 4.55. The number of rotatable bonds is 3. The van der Waals surface area contributed by atoms with Gasteiger partial charge in [0.15, 0.2) is 0 Å². The molecule has 0 heterocycles. The van der Waals surface area contributed by atoms with Crippen molar-refractivity contribution in [2.75, 3.05) is 0 Å². The van der Waals surface area contributed by atoms with E-state index in [0.717, 1.165) is 15.6 Å². The molecule has 1 nitrogen and oxygen atoms in total. The van der Waals surface area contributed by atoms with E-state index in [4.69, 9.17) is 17.3 Å². The topological polar surface area (TPSA) is 26.0 Å². The van der Waals surface area contributed by atoms with Crippen molar-refractivity contribution in [1.29, 1.82) is 0 Å². The van der Waals surface area contributed by atoms with Gasteiger partial charge >= 0.3 is 0 Å². The molecule has 0 aliphatic rings. The molecule has 1 atom stereocenters. The summed E-state index contributed by atoms with van der Waals surface area (Å²) < 4.78 is 14.7. The van der Waals surface area contributed by atoms with Crippen molar-refractivity contribution in [3.05, 3.63) is 68.4 Å². The van der Waals surface area contributed by atoms with Gasteiger partial charge in [-0.15, -0.1) is 0 Å². The summed E-state index contributed by atoms with van der Waals surface area (Å²) in [4.78, 5) is 0. The van der Waals surface area contributed by atoms with Crippen molar-refractivity contribution in [3.8, 4) is 0 Å². The molecule has 2 aromatic rings. The van der Waals surface area contributed by atoms with Crippen LogP contribution in [0, 0.1) is 12.7 Å². The fourth-order valence-corrected chi connectivity index (χ4v) is 2.44. The Bertz CT molecular complexity index is 601. The number of benzene rings is 2. The third-order valence-corrected chi connectivity index (χ3v) is 4.17. The summed E-state index contributed by atoms with van der Waals surface area (Å²) in [5, 5.41) is 0.396. The van der Waals surface area contributed by atoms with E-state index in [9.17, 15) is 4.39 Å². The van der Waals surface area contributed by atoms with Gasteiger partial charge in [0.2, 0.25) is 0 Å². The van der Waals surface area contributed by atoms with Gasteiger partial charge in [0, 0.05) is 15.5 Å². The molecule has 0 aliphatic carbocycles. The second-order valence-corrected chi connectivity index (χ2v) is 5.85. The Hall–Kier alpha value is -0.900. The molecule has 0 aromatic heterocycles. The fraction of sp³-hybridized carbons (Fsp3) is 0.200. The molecular formula is C15H14BrClFN. The van der Waals surface area contributed by atoms with Gasteiger partial charge in [0.25, 0.3) is 0 Å². The van der Waals surface area contributed by atoms with E-state index in [1.165, 1.54) is 6.07 Å². The van der Waals surface area contributed by atoms with E-state index >= 15 is 0 Å². The molecular weight excluding hydrogens is 329 g/mol. The summed E-state index contributed by atoms with van der Waals surface area (Å²) in [7, 11) is 0. The van der Waals surface area contributed by atoms with Crippen LogP contribution in [0.25, 0.3) is 0 Å². The van der Waals surface area contributed by atoms with Crippen molar-refractivity contribution < 1.29 is 4.39 Å². The lowest BCUT2D eigenvalue weighted by molar-refractivity contribution is 0.593. The minimum atomic E-state index is -0.311. The van der Waals surface area contributed by atoms with E-state index in [-0.39, 0.29) is 11.9 Å². The first-order valence-electron chi connectivity index (χ1n) is 5.93. The maximum absolute atomic E-state index is 13.7. The number of halogens is 3. The van der Waals surface area contributed by atoms with Crippen molar-refractivity contribution in [3.63, 3.8) is 0 Å². The molecule has 0 saturated heterocycles. The average Bonchev–Trinajstić information content (AvgIpc) is 2.36. The monoisotopic (exact) mass is 341 g/mol. The van der Waals surface area contributed by atoms with Crippen LogP contribution in [-0.4, -0.2) is 0 Å². The molecule has 0 spiro atoms. The predicted octanol–water partition coefficient (Wildman–Crippen LogP) is 4.79. The highest BCUT2D eigenvalue weighted by molar-refractivity contribution is 9.10. The summed E-state index contributed by atoms with van der Waals surface area (Å²) >= 11 is 9.21. The first kappa shape index (κ1) is 14.5. The van der Waals surface area contributed by atoms with Gasteiger partial charge in [-0.2, -0.15) is 0 Å². The van der Waals surface area contributed by atoms with Crippen LogP contribution in [0.15, 0.2) is 40.9 Å². The van der Waals surface area contributed by atoms with Crippen LogP contribution in [0.4, 0.5) is 4.39 Å². The first-order valence-corrected chi connectivity index (χ1v) is 7.10. The molecule has 2 N–H and O–H groups in total. The fourth-order valence-electron chi connectivity index (χ4n) is 1.88. The maximum atomic E-state index is 13.7. The van der Waals surface area contributed by atoms with Gasteiger partial charge in [-0.3, -0.25) is 0 Å². The molecule has 0 aliphatic heterocycles. The Morgan fingerprint density at radius 1 is 1.26 bits per heavy atom. The second kappa shape index (κ2) is 6.04. The van der Waals surface area contributed by atoms with Crippen LogP contribution in [0.2, 0.25) is 5.02 Å². The third-order valence-electron chi connectivity index (χ3n) is 3.08. The van der Waals surface area contributed by atoms with Crippen LogP contribution >= 0.6 is 27.5 Å². The molecule has 0 radical (unpaired) electrons. The smallest absolute Gasteiger partial charge is 0.127 e. The summed E-state index contributed by atoms with van der Waals surface area (Å²) in [6.45, 7) is 2.01. The molecule has 0 bridgehead atoms. The number of nitrogens with two attached hydrogens (primary N) is 1. The highest BCUT2D eigenvalue weighted by atomic mass is 79.9. The van der Waals surface area contributed by atoms with E-state index in [1.54, 1.807) is 12.1 Å². The average molecular weight is 343 g/mol. The van der Waals surface area contributed by atoms with E-state index in [2.05, 4.69) is 15.9 Å². The first-order chi connectivity index (χ1) is 8.97. The summed E-state index contributed by atoms with van der Waals surface area (Å²) in [5.74, 6) is -0.311. The summed E-state index contributed by atoms with van der Waals surface area (Å²) in [6.07, 6.45) is 0.443. The zero-order valence-corrected chi connectivity index (χ0v) is 12.8. The molecule has 19 heavy (non-hydrogen) atoms. The summed E-state index contributed by atoms with van der Waals surface area (Å²) in [5.41, 5.74) is 8.84. The highest BCUT2D eigenvalue weighted by Crippen LogP contribution is 2.24. The Kier molecular flexibility index (Phi) is 4.61. The molecule has 4 heteroatoms. The van der Waals surface area contributed by atoms with Gasteiger partial charge in [-0.05, 0) is 48.2 Å². The number of hydrogen-bond donors (Lipinski definition) is 1. The number of hydrogen-bond acceptors (Lipinski definition) is 1. The zero-order chi connectivity index (χ0) is 14.0. The van der Waals surface area contributed by atoms with Gasteiger partial charge < -0.3 is 5.73 Å². The Morgan fingerprint density at radius 3 is 2.63 bits per heavy atom. The molecule has 0 fully saturated rings. The zero-order valence-electron chi connectivity index (χ0n) is 10.5. The Labute approximate surface area is 125 Å².